The van der Waals surface area contributed by atoms with Crippen molar-refractivity contribution in [1.82, 2.24) is 19.9 Å². The van der Waals surface area contributed by atoms with Gasteiger partial charge in [0.1, 0.15) is 12.7 Å². The fourth-order valence-corrected chi connectivity index (χ4v) is 1.93. The number of nitrogens with zero attached hydrogens (tertiary/aromatic N) is 5. The lowest BCUT2D eigenvalue weighted by Crippen LogP contribution is -2.42. The number of carbonyl (C=O) groups excluding carboxylic acids is 1. The summed E-state index contributed by atoms with van der Waals surface area (Å²) in [5.41, 5.74) is 1.48. The van der Waals surface area contributed by atoms with E-state index in [1.54, 1.807) is 6.20 Å². The first-order valence-corrected chi connectivity index (χ1v) is 6.71. The van der Waals surface area contributed by atoms with E-state index >= 15 is 0 Å². The Labute approximate surface area is 127 Å². The minimum absolute atomic E-state index is 0.295. The highest BCUT2D eigenvalue weighted by molar-refractivity contribution is 5.96. The molecule has 0 fully saturated rings. The van der Waals surface area contributed by atoms with E-state index in [2.05, 4.69) is 20.5 Å². The lowest BCUT2D eigenvalue weighted by atomic mass is 10.3. The van der Waals surface area contributed by atoms with Gasteiger partial charge in [0.25, 0.3) is 0 Å². The molecule has 0 saturated carbocycles. The Morgan fingerprint density at radius 2 is 1.77 bits per heavy atom. The highest BCUT2D eigenvalue weighted by atomic mass is 16.2. The van der Waals surface area contributed by atoms with E-state index in [-0.39, 0.29) is 6.03 Å². The number of urea groups is 1. The van der Waals surface area contributed by atoms with Crippen molar-refractivity contribution in [1.29, 1.82) is 0 Å². The van der Waals surface area contributed by atoms with Gasteiger partial charge in [0.05, 0.1) is 12.2 Å². The van der Waals surface area contributed by atoms with Gasteiger partial charge in [0.15, 0.2) is 0 Å². The molecule has 0 atom stereocenters. The number of nitrogens with one attached hydrogen (secondary N) is 1. The molecule has 3 rings (SSSR count). The van der Waals surface area contributed by atoms with Crippen LogP contribution < -0.4 is 10.3 Å². The second kappa shape index (κ2) is 6.49. The van der Waals surface area contributed by atoms with Crippen LogP contribution in [0.1, 0.15) is 5.69 Å². The molecule has 0 unspecified atom stereocenters. The molecule has 0 spiro atoms. The zero-order chi connectivity index (χ0) is 15.2. The summed E-state index contributed by atoms with van der Waals surface area (Å²) in [4.78, 5) is 16.8. The Morgan fingerprint density at radius 3 is 2.45 bits per heavy atom. The van der Waals surface area contributed by atoms with E-state index in [9.17, 15) is 4.79 Å². The Kier molecular flexibility index (Phi) is 4.05. The van der Waals surface area contributed by atoms with Crippen LogP contribution >= 0.6 is 0 Å². The second-order valence-corrected chi connectivity index (χ2v) is 4.52. The molecule has 3 aromatic rings. The summed E-state index contributed by atoms with van der Waals surface area (Å²) in [6, 6.07) is 14.5. The molecule has 0 bridgehead atoms. The maximum atomic E-state index is 12.5. The zero-order valence-electron chi connectivity index (χ0n) is 11.7. The first-order chi connectivity index (χ1) is 10.8. The lowest BCUT2D eigenvalue weighted by Gasteiger charge is -2.22. The summed E-state index contributed by atoms with van der Waals surface area (Å²) in [5, 5.41) is 11.8. The third kappa shape index (κ3) is 3.26. The lowest BCUT2D eigenvalue weighted by molar-refractivity contribution is 0.251. The molecule has 2 aromatic heterocycles. The van der Waals surface area contributed by atoms with Crippen LogP contribution in [0.3, 0.4) is 0 Å². The largest absolute Gasteiger partial charge is 0.341 e. The molecule has 0 saturated heterocycles. The van der Waals surface area contributed by atoms with Crippen molar-refractivity contribution in [2.24, 2.45) is 0 Å². The molecule has 1 N–H and O–H groups in total. The molecule has 110 valence electrons. The number of amides is 2. The topological polar surface area (TPSA) is 75.9 Å². The Morgan fingerprint density at radius 1 is 1.05 bits per heavy atom. The first-order valence-electron chi connectivity index (χ1n) is 6.71. The van der Waals surface area contributed by atoms with Crippen molar-refractivity contribution in [3.8, 4) is 0 Å². The maximum Gasteiger partial charge on any atom is 0.341 e. The number of para-hydroxylation sites is 1. The van der Waals surface area contributed by atoms with Crippen molar-refractivity contribution in [2.45, 2.75) is 6.54 Å². The van der Waals surface area contributed by atoms with Gasteiger partial charge < -0.3 is 5.32 Å². The molecular formula is C15H14N6O. The predicted octanol–water partition coefficient (Wildman–Crippen LogP) is 2.04. The van der Waals surface area contributed by atoms with Gasteiger partial charge in [-0.15, -0.1) is 10.2 Å². The minimum atomic E-state index is -0.295. The Hall–Kier alpha value is -3.22. The normalized spacial score (nSPS) is 10.2. The number of aromatic nitrogens is 4. The van der Waals surface area contributed by atoms with E-state index in [4.69, 9.17) is 0 Å². The maximum absolute atomic E-state index is 12.5. The van der Waals surface area contributed by atoms with Crippen LogP contribution in [-0.2, 0) is 6.54 Å². The van der Waals surface area contributed by atoms with E-state index in [1.165, 1.54) is 22.3 Å². The first kappa shape index (κ1) is 13.7. The molecule has 7 nitrogen and oxygen atoms in total. The van der Waals surface area contributed by atoms with Crippen LogP contribution in [-0.4, -0.2) is 25.9 Å². The molecule has 2 amide bonds. The summed E-state index contributed by atoms with van der Waals surface area (Å²) >= 11 is 0. The molecule has 0 radical (unpaired) electrons. The number of hydrogen-bond acceptors (Lipinski definition) is 4. The Bertz CT molecular complexity index is 714. The third-order valence-corrected chi connectivity index (χ3v) is 2.98. The van der Waals surface area contributed by atoms with Gasteiger partial charge in [-0.25, -0.2) is 14.5 Å². The molecule has 0 aliphatic heterocycles. The molecule has 0 aliphatic rings. The van der Waals surface area contributed by atoms with Gasteiger partial charge in [-0.05, 0) is 24.3 Å². The zero-order valence-corrected chi connectivity index (χ0v) is 11.7. The van der Waals surface area contributed by atoms with Crippen molar-refractivity contribution >= 4 is 11.7 Å². The number of anilines is 1. The summed E-state index contributed by atoms with van der Waals surface area (Å²) in [5.74, 6) is 0. The number of rotatable bonds is 4. The van der Waals surface area contributed by atoms with E-state index in [0.717, 1.165) is 5.69 Å². The van der Waals surface area contributed by atoms with Crippen LogP contribution in [0, 0.1) is 0 Å². The van der Waals surface area contributed by atoms with Gasteiger partial charge in [0.2, 0.25) is 0 Å². The standard InChI is InChI=1S/C15H14N6O/c22-15(19-13-6-2-1-3-7-13)21(20-11-17-18-12-20)10-14-8-4-5-9-16-14/h1-9,11-12H,10H2,(H,19,22). The highest BCUT2D eigenvalue weighted by Crippen LogP contribution is 2.08. The summed E-state index contributed by atoms with van der Waals surface area (Å²) in [6.07, 6.45) is 4.62. The van der Waals surface area contributed by atoms with Crippen molar-refractivity contribution < 1.29 is 4.79 Å². The average Bonchev–Trinajstić information content (AvgIpc) is 3.08. The predicted molar refractivity (Wildman–Crippen MR) is 81.6 cm³/mol. The van der Waals surface area contributed by atoms with Crippen molar-refractivity contribution in [2.75, 3.05) is 10.3 Å². The van der Waals surface area contributed by atoms with Gasteiger partial charge in [-0.1, -0.05) is 24.3 Å². The van der Waals surface area contributed by atoms with Crippen LogP contribution in [0.2, 0.25) is 0 Å². The fraction of sp³-hybridized carbons (Fsp3) is 0.0667. The fourth-order valence-electron chi connectivity index (χ4n) is 1.93. The van der Waals surface area contributed by atoms with Gasteiger partial charge >= 0.3 is 6.03 Å². The van der Waals surface area contributed by atoms with E-state index in [0.29, 0.717) is 12.2 Å². The number of pyridine rings is 1. The monoisotopic (exact) mass is 294 g/mol. The number of carbonyl (C=O) groups is 1. The van der Waals surface area contributed by atoms with Crippen molar-refractivity contribution in [3.05, 3.63) is 73.1 Å². The molecule has 22 heavy (non-hydrogen) atoms. The quantitative estimate of drug-likeness (QED) is 0.799. The van der Waals surface area contributed by atoms with Gasteiger partial charge in [0, 0.05) is 11.9 Å². The molecule has 7 heteroatoms. The van der Waals surface area contributed by atoms with Crippen LogP contribution in [0.15, 0.2) is 67.4 Å². The highest BCUT2D eigenvalue weighted by Gasteiger charge is 2.16. The average molecular weight is 294 g/mol. The molecular weight excluding hydrogens is 280 g/mol. The van der Waals surface area contributed by atoms with E-state index < -0.39 is 0 Å². The molecule has 0 aliphatic carbocycles. The van der Waals surface area contributed by atoms with Gasteiger partial charge in [-0.2, -0.15) is 0 Å². The van der Waals surface area contributed by atoms with E-state index in [1.807, 2.05) is 48.5 Å². The summed E-state index contributed by atoms with van der Waals surface area (Å²) < 4.78 is 1.52. The molecule has 1 aromatic carbocycles. The summed E-state index contributed by atoms with van der Waals surface area (Å²) in [6.45, 7) is 0.303. The third-order valence-electron chi connectivity index (χ3n) is 2.98. The van der Waals surface area contributed by atoms with Crippen LogP contribution in [0.5, 0.6) is 0 Å². The number of benzene rings is 1. The second-order valence-electron chi connectivity index (χ2n) is 4.52. The summed E-state index contributed by atoms with van der Waals surface area (Å²) in [7, 11) is 0. The SMILES string of the molecule is O=C(Nc1ccccc1)N(Cc1ccccn1)n1cnnc1. The van der Waals surface area contributed by atoms with Crippen LogP contribution in [0.25, 0.3) is 0 Å². The van der Waals surface area contributed by atoms with Crippen LogP contribution in [0.4, 0.5) is 10.5 Å². The van der Waals surface area contributed by atoms with Crippen molar-refractivity contribution in [3.63, 3.8) is 0 Å². The smallest absolute Gasteiger partial charge is 0.306 e. The molecule has 2 heterocycles. The minimum Gasteiger partial charge on any atom is -0.306 e. The number of hydrogen-bond donors (Lipinski definition) is 1. The van der Waals surface area contributed by atoms with Gasteiger partial charge in [-0.3, -0.25) is 4.98 Å². The Balaban J connectivity index is 1.81.